The standard InChI is InChI=1S/C3H8N.C2H5N.Nb/c1-3-4-2;1-2-3;/h3H2,1-2H3;2H2,1H3;/q-1;;. The molecule has 0 aromatic carbocycles. The van der Waals surface area contributed by atoms with Crippen LogP contribution in [0.3, 0.4) is 0 Å². The van der Waals surface area contributed by atoms with Gasteiger partial charge in [-0.25, -0.2) is 0 Å². The van der Waals surface area contributed by atoms with E-state index in [-0.39, 0.29) is 0 Å². The number of nitrogens with zero attached hydrogens (tertiary/aromatic N) is 2. The van der Waals surface area contributed by atoms with E-state index in [4.69, 9.17) is 0 Å². The Kier molecular flexibility index (Phi) is 22.1. The summed E-state index contributed by atoms with van der Waals surface area (Å²) in [4.78, 5) is 0. The van der Waals surface area contributed by atoms with Crippen molar-refractivity contribution >= 4 is 0 Å². The fourth-order valence-electron chi connectivity index (χ4n) is 0. The van der Waals surface area contributed by atoms with E-state index < -0.39 is 0 Å². The Bertz CT molecular complexity index is 37.4. The van der Waals surface area contributed by atoms with Gasteiger partial charge in [-0.1, -0.05) is 6.92 Å². The summed E-state index contributed by atoms with van der Waals surface area (Å²) >= 11 is 1.52. The molecule has 0 rings (SSSR count). The molecule has 0 aromatic heterocycles. The third kappa shape index (κ3) is 31.5. The Morgan fingerprint density at radius 3 is 1.75 bits per heavy atom. The topological polar surface area (TPSA) is 26.5 Å². The molecule has 0 unspecified atom stereocenters. The fourth-order valence-corrected chi connectivity index (χ4v) is 0. The van der Waals surface area contributed by atoms with Crippen LogP contribution in [-0.2, 0) is 20.9 Å². The van der Waals surface area contributed by atoms with Gasteiger partial charge in [0, 0.05) is 0 Å². The molecule has 0 heterocycles. The first kappa shape index (κ1) is 11.3. The molecular formula is C5H13N2Nb-. The third-order valence-corrected chi connectivity index (χ3v) is 1.15. The molecule has 0 saturated carbocycles. The van der Waals surface area contributed by atoms with E-state index in [0.717, 1.165) is 13.1 Å². The maximum atomic E-state index is 3.79. The summed E-state index contributed by atoms with van der Waals surface area (Å²) in [7, 11) is 1.81. The molecule has 3 heteroatoms. The summed E-state index contributed by atoms with van der Waals surface area (Å²) in [5, 5.41) is 3.74. The second kappa shape index (κ2) is 15.6. The summed E-state index contributed by atoms with van der Waals surface area (Å²) in [6.07, 6.45) is 0. The molecule has 0 fully saturated rings. The molecule has 0 aromatic rings. The normalized spacial score (nSPS) is 6.75. The van der Waals surface area contributed by atoms with E-state index in [0.29, 0.717) is 0 Å². The Labute approximate surface area is 63.8 Å². The SMILES string of the molecule is CC[N-]C.CC[N]=[Nb]. The van der Waals surface area contributed by atoms with E-state index in [1.807, 2.05) is 13.8 Å². The van der Waals surface area contributed by atoms with Gasteiger partial charge in [-0.05, 0) is 0 Å². The summed E-state index contributed by atoms with van der Waals surface area (Å²) in [5.41, 5.74) is 0. The van der Waals surface area contributed by atoms with Gasteiger partial charge < -0.3 is 5.32 Å². The van der Waals surface area contributed by atoms with Crippen molar-refractivity contribution in [2.75, 3.05) is 20.1 Å². The van der Waals surface area contributed by atoms with Crippen LogP contribution in [0.15, 0.2) is 3.34 Å². The number of rotatable bonds is 2. The van der Waals surface area contributed by atoms with Crippen LogP contribution in [0.25, 0.3) is 5.32 Å². The van der Waals surface area contributed by atoms with Crippen LogP contribution in [0.1, 0.15) is 13.8 Å². The van der Waals surface area contributed by atoms with Crippen molar-refractivity contribution in [2.24, 2.45) is 3.34 Å². The van der Waals surface area contributed by atoms with Gasteiger partial charge in [-0.2, -0.15) is 13.6 Å². The third-order valence-electron chi connectivity index (χ3n) is 0.458. The minimum absolute atomic E-state index is 0.944. The quantitative estimate of drug-likeness (QED) is 0.598. The van der Waals surface area contributed by atoms with Crippen molar-refractivity contribution in [2.45, 2.75) is 13.8 Å². The zero-order valence-corrected chi connectivity index (χ0v) is 7.95. The average Bonchev–Trinajstić information content (AvgIpc) is 1.88. The van der Waals surface area contributed by atoms with E-state index in [9.17, 15) is 0 Å². The van der Waals surface area contributed by atoms with E-state index >= 15 is 0 Å². The molecule has 0 aliphatic rings. The molecule has 0 bridgehead atoms. The summed E-state index contributed by atoms with van der Waals surface area (Å²) in [6, 6.07) is 0. The predicted octanol–water partition coefficient (Wildman–Crippen LogP) is 1.75. The van der Waals surface area contributed by atoms with Crippen LogP contribution in [0.5, 0.6) is 0 Å². The molecule has 8 heavy (non-hydrogen) atoms. The van der Waals surface area contributed by atoms with Gasteiger partial charge in [0.1, 0.15) is 0 Å². The maximum absolute atomic E-state index is 3.79. The van der Waals surface area contributed by atoms with Gasteiger partial charge in [0.2, 0.25) is 0 Å². The molecular weight excluding hydrogens is 181 g/mol. The van der Waals surface area contributed by atoms with Crippen molar-refractivity contribution in [1.29, 1.82) is 0 Å². The van der Waals surface area contributed by atoms with Gasteiger partial charge in [-0.3, -0.25) is 0 Å². The molecule has 0 atom stereocenters. The van der Waals surface area contributed by atoms with Crippen LogP contribution in [0.4, 0.5) is 0 Å². The second-order valence-corrected chi connectivity index (χ2v) is 1.79. The van der Waals surface area contributed by atoms with Crippen molar-refractivity contribution in [3.05, 3.63) is 5.32 Å². The van der Waals surface area contributed by atoms with Gasteiger partial charge in [0.25, 0.3) is 0 Å². The zero-order chi connectivity index (χ0) is 6.83. The van der Waals surface area contributed by atoms with Crippen LogP contribution in [0, 0.1) is 0 Å². The number of hydrogen-bond donors (Lipinski definition) is 0. The monoisotopic (exact) mass is 194 g/mol. The van der Waals surface area contributed by atoms with Gasteiger partial charge in [0.15, 0.2) is 0 Å². The Morgan fingerprint density at radius 2 is 1.75 bits per heavy atom. The van der Waals surface area contributed by atoms with Crippen LogP contribution < -0.4 is 0 Å². The van der Waals surface area contributed by atoms with E-state index in [1.54, 1.807) is 7.05 Å². The molecule has 0 aliphatic heterocycles. The first-order valence-corrected chi connectivity index (χ1v) is 3.68. The molecule has 0 saturated heterocycles. The first-order valence-electron chi connectivity index (χ1n) is 2.69. The minimum atomic E-state index is 0.944. The van der Waals surface area contributed by atoms with E-state index in [1.165, 1.54) is 20.9 Å². The van der Waals surface area contributed by atoms with Gasteiger partial charge >= 0.3 is 37.7 Å². The Hall–Kier alpha value is 0.500. The summed E-state index contributed by atoms with van der Waals surface area (Å²) in [5.74, 6) is 0. The zero-order valence-electron chi connectivity index (χ0n) is 5.76. The summed E-state index contributed by atoms with van der Waals surface area (Å²) < 4.78 is 3.79. The van der Waals surface area contributed by atoms with Crippen molar-refractivity contribution in [3.8, 4) is 0 Å². The van der Waals surface area contributed by atoms with Crippen molar-refractivity contribution in [1.82, 2.24) is 0 Å². The molecule has 0 aliphatic carbocycles. The van der Waals surface area contributed by atoms with Crippen molar-refractivity contribution in [3.63, 3.8) is 0 Å². The molecule has 0 radical (unpaired) electrons. The predicted molar refractivity (Wildman–Crippen MR) is 32.8 cm³/mol. The Morgan fingerprint density at radius 1 is 1.50 bits per heavy atom. The first-order chi connectivity index (χ1) is 3.83. The second-order valence-electron chi connectivity index (χ2n) is 1.09. The van der Waals surface area contributed by atoms with Gasteiger partial charge in [0.05, 0.1) is 0 Å². The molecule has 2 nitrogen and oxygen atoms in total. The molecule has 0 amide bonds. The van der Waals surface area contributed by atoms with Crippen LogP contribution >= 0.6 is 0 Å². The van der Waals surface area contributed by atoms with Crippen LogP contribution in [0.2, 0.25) is 0 Å². The molecule has 0 spiro atoms. The van der Waals surface area contributed by atoms with Crippen LogP contribution in [-0.4, -0.2) is 20.1 Å². The van der Waals surface area contributed by atoms with Crippen molar-refractivity contribution < 1.29 is 20.9 Å². The Balaban J connectivity index is 0. The summed E-state index contributed by atoms with van der Waals surface area (Å²) in [6.45, 7) is 5.95. The number of hydrogen-bond acceptors (Lipinski definition) is 1. The molecule has 49 valence electrons. The van der Waals surface area contributed by atoms with Gasteiger partial charge in [-0.15, -0.1) is 0 Å². The fraction of sp³-hybridized carbons (Fsp3) is 1.00. The molecule has 0 N–H and O–H groups in total. The average molecular weight is 194 g/mol. The van der Waals surface area contributed by atoms with E-state index in [2.05, 4.69) is 8.65 Å².